The van der Waals surface area contributed by atoms with Gasteiger partial charge in [-0.3, -0.25) is 0 Å². The lowest BCUT2D eigenvalue weighted by Crippen LogP contribution is -2.35. The SMILES string of the molecule is CC(C)CN(CCC(O)c1ccccc1F)C(C)C. The van der Waals surface area contributed by atoms with Gasteiger partial charge in [0.2, 0.25) is 0 Å². The van der Waals surface area contributed by atoms with Gasteiger partial charge in [0, 0.05) is 24.7 Å². The fourth-order valence-corrected chi connectivity index (χ4v) is 2.22. The molecule has 1 rings (SSSR count). The van der Waals surface area contributed by atoms with Crippen molar-refractivity contribution in [3.05, 3.63) is 35.6 Å². The highest BCUT2D eigenvalue weighted by atomic mass is 19.1. The van der Waals surface area contributed by atoms with Crippen molar-refractivity contribution in [3.8, 4) is 0 Å². The van der Waals surface area contributed by atoms with Crippen molar-refractivity contribution >= 4 is 0 Å². The highest BCUT2D eigenvalue weighted by Crippen LogP contribution is 2.20. The highest BCUT2D eigenvalue weighted by Gasteiger charge is 2.16. The number of halogens is 1. The zero-order chi connectivity index (χ0) is 14.4. The van der Waals surface area contributed by atoms with E-state index in [9.17, 15) is 9.50 Å². The number of aliphatic hydroxyl groups is 1. The lowest BCUT2D eigenvalue weighted by atomic mass is 10.0. The third-order valence-corrected chi connectivity index (χ3v) is 3.28. The van der Waals surface area contributed by atoms with E-state index in [4.69, 9.17) is 0 Å². The second-order valence-electron chi connectivity index (χ2n) is 5.81. The summed E-state index contributed by atoms with van der Waals surface area (Å²) in [5, 5.41) is 10.1. The minimum Gasteiger partial charge on any atom is -0.388 e. The largest absolute Gasteiger partial charge is 0.388 e. The Kier molecular flexibility index (Phi) is 6.46. The molecule has 0 saturated carbocycles. The summed E-state index contributed by atoms with van der Waals surface area (Å²) in [5.74, 6) is 0.267. The maximum atomic E-state index is 13.6. The fourth-order valence-electron chi connectivity index (χ4n) is 2.22. The Morgan fingerprint density at radius 2 is 1.79 bits per heavy atom. The minimum atomic E-state index is -0.727. The second kappa shape index (κ2) is 7.61. The van der Waals surface area contributed by atoms with Crippen LogP contribution in [0, 0.1) is 11.7 Å². The van der Waals surface area contributed by atoms with Crippen LogP contribution in [0.1, 0.15) is 45.8 Å². The Hall–Kier alpha value is -0.930. The summed E-state index contributed by atoms with van der Waals surface area (Å²) in [6.07, 6.45) is -0.166. The number of rotatable bonds is 7. The Bertz CT molecular complexity index is 379. The van der Waals surface area contributed by atoms with Crippen LogP contribution in [-0.4, -0.2) is 29.1 Å². The van der Waals surface area contributed by atoms with Crippen LogP contribution in [0.3, 0.4) is 0 Å². The zero-order valence-corrected chi connectivity index (χ0v) is 12.4. The van der Waals surface area contributed by atoms with Crippen molar-refractivity contribution in [1.82, 2.24) is 4.90 Å². The van der Waals surface area contributed by atoms with Crippen molar-refractivity contribution in [2.24, 2.45) is 5.92 Å². The number of hydrogen-bond donors (Lipinski definition) is 1. The topological polar surface area (TPSA) is 23.5 Å². The predicted octanol–water partition coefficient (Wildman–Crippen LogP) is 3.62. The van der Waals surface area contributed by atoms with E-state index in [1.165, 1.54) is 6.07 Å². The van der Waals surface area contributed by atoms with Gasteiger partial charge in [-0.05, 0) is 32.3 Å². The molecule has 108 valence electrons. The van der Waals surface area contributed by atoms with Gasteiger partial charge >= 0.3 is 0 Å². The second-order valence-corrected chi connectivity index (χ2v) is 5.81. The van der Waals surface area contributed by atoms with E-state index in [1.54, 1.807) is 18.2 Å². The van der Waals surface area contributed by atoms with Gasteiger partial charge in [0.05, 0.1) is 6.10 Å². The molecule has 0 fully saturated rings. The third kappa shape index (κ3) is 5.29. The number of hydrogen-bond acceptors (Lipinski definition) is 2. The van der Waals surface area contributed by atoms with Crippen LogP contribution in [0.4, 0.5) is 4.39 Å². The molecule has 0 aliphatic carbocycles. The summed E-state index contributed by atoms with van der Waals surface area (Å²) in [6.45, 7) is 10.5. The maximum absolute atomic E-state index is 13.6. The normalized spacial score (nSPS) is 13.5. The molecule has 0 aliphatic heterocycles. The molecule has 1 aromatic carbocycles. The molecule has 19 heavy (non-hydrogen) atoms. The Morgan fingerprint density at radius 3 is 2.32 bits per heavy atom. The Labute approximate surface area is 116 Å². The molecule has 1 N–H and O–H groups in total. The van der Waals surface area contributed by atoms with Crippen molar-refractivity contribution in [2.75, 3.05) is 13.1 Å². The molecule has 0 amide bonds. The van der Waals surface area contributed by atoms with Gasteiger partial charge in [0.15, 0.2) is 0 Å². The van der Waals surface area contributed by atoms with E-state index in [-0.39, 0.29) is 5.82 Å². The summed E-state index contributed by atoms with van der Waals surface area (Å²) >= 11 is 0. The van der Waals surface area contributed by atoms with Crippen LogP contribution in [0.25, 0.3) is 0 Å². The van der Waals surface area contributed by atoms with E-state index in [2.05, 4.69) is 32.6 Å². The lowest BCUT2D eigenvalue weighted by Gasteiger charge is -2.29. The van der Waals surface area contributed by atoms with Gasteiger partial charge in [0.25, 0.3) is 0 Å². The first kappa shape index (κ1) is 16.1. The van der Waals surface area contributed by atoms with Crippen LogP contribution in [0.15, 0.2) is 24.3 Å². The average Bonchev–Trinajstić information content (AvgIpc) is 2.34. The molecule has 2 nitrogen and oxygen atoms in total. The van der Waals surface area contributed by atoms with Gasteiger partial charge in [-0.1, -0.05) is 32.0 Å². The zero-order valence-electron chi connectivity index (χ0n) is 12.4. The summed E-state index contributed by atoms with van der Waals surface area (Å²) < 4.78 is 13.6. The fraction of sp³-hybridized carbons (Fsp3) is 0.625. The highest BCUT2D eigenvalue weighted by molar-refractivity contribution is 5.19. The van der Waals surface area contributed by atoms with Gasteiger partial charge in [0.1, 0.15) is 5.82 Å². The molecule has 1 atom stereocenters. The molecular formula is C16H26FNO. The van der Waals surface area contributed by atoms with E-state index in [1.807, 2.05) is 0 Å². The maximum Gasteiger partial charge on any atom is 0.128 e. The summed E-state index contributed by atoms with van der Waals surface area (Å²) in [4.78, 5) is 2.33. The Morgan fingerprint density at radius 1 is 1.16 bits per heavy atom. The van der Waals surface area contributed by atoms with Crippen LogP contribution in [0.5, 0.6) is 0 Å². The molecule has 1 aromatic rings. The molecule has 0 saturated heterocycles. The summed E-state index contributed by atoms with van der Waals surface area (Å²) in [7, 11) is 0. The monoisotopic (exact) mass is 267 g/mol. The van der Waals surface area contributed by atoms with E-state index in [0.717, 1.165) is 13.1 Å². The minimum absolute atomic E-state index is 0.324. The Balaban J connectivity index is 2.57. The molecule has 0 radical (unpaired) electrons. The first-order valence-electron chi connectivity index (χ1n) is 7.08. The standard InChI is InChI=1S/C16H26FNO/c1-12(2)11-18(13(3)4)10-9-16(19)14-7-5-6-8-15(14)17/h5-8,12-13,16,19H,9-11H2,1-4H3. The molecule has 0 aromatic heterocycles. The molecule has 0 heterocycles. The van der Waals surface area contributed by atoms with E-state index in [0.29, 0.717) is 23.9 Å². The molecule has 0 aliphatic rings. The van der Waals surface area contributed by atoms with E-state index >= 15 is 0 Å². The van der Waals surface area contributed by atoms with Crippen LogP contribution in [0.2, 0.25) is 0 Å². The molecule has 0 bridgehead atoms. The van der Waals surface area contributed by atoms with E-state index < -0.39 is 6.10 Å². The van der Waals surface area contributed by atoms with Gasteiger partial charge < -0.3 is 10.0 Å². The predicted molar refractivity (Wildman–Crippen MR) is 77.5 cm³/mol. The third-order valence-electron chi connectivity index (χ3n) is 3.28. The summed E-state index contributed by atoms with van der Waals surface area (Å²) in [5.41, 5.74) is 0.399. The van der Waals surface area contributed by atoms with Gasteiger partial charge in [-0.15, -0.1) is 0 Å². The summed E-state index contributed by atoms with van der Waals surface area (Å²) in [6, 6.07) is 6.89. The molecule has 1 unspecified atom stereocenters. The average molecular weight is 267 g/mol. The smallest absolute Gasteiger partial charge is 0.128 e. The van der Waals surface area contributed by atoms with Crippen molar-refractivity contribution < 1.29 is 9.50 Å². The number of aliphatic hydroxyl groups excluding tert-OH is 1. The number of nitrogens with zero attached hydrogens (tertiary/aromatic N) is 1. The van der Waals surface area contributed by atoms with Crippen molar-refractivity contribution in [2.45, 2.75) is 46.3 Å². The van der Waals surface area contributed by atoms with Gasteiger partial charge in [-0.2, -0.15) is 0 Å². The first-order valence-corrected chi connectivity index (χ1v) is 7.08. The molecular weight excluding hydrogens is 241 g/mol. The first-order chi connectivity index (χ1) is 8.91. The van der Waals surface area contributed by atoms with Crippen LogP contribution in [-0.2, 0) is 0 Å². The quantitative estimate of drug-likeness (QED) is 0.815. The molecule has 3 heteroatoms. The molecule has 0 spiro atoms. The van der Waals surface area contributed by atoms with Crippen molar-refractivity contribution in [3.63, 3.8) is 0 Å². The van der Waals surface area contributed by atoms with Crippen LogP contribution >= 0.6 is 0 Å². The number of benzene rings is 1. The van der Waals surface area contributed by atoms with Crippen LogP contribution < -0.4 is 0 Å². The van der Waals surface area contributed by atoms with Gasteiger partial charge in [-0.25, -0.2) is 4.39 Å². The van der Waals surface area contributed by atoms with Crippen molar-refractivity contribution in [1.29, 1.82) is 0 Å². The lowest BCUT2D eigenvalue weighted by molar-refractivity contribution is 0.121.